The molecule has 0 unspecified atom stereocenters. The van der Waals surface area contributed by atoms with Crippen molar-refractivity contribution < 1.29 is 22.5 Å². The van der Waals surface area contributed by atoms with Gasteiger partial charge in [0.25, 0.3) is 5.95 Å². The van der Waals surface area contributed by atoms with Crippen LogP contribution in [0.5, 0.6) is 0 Å². The lowest BCUT2D eigenvalue weighted by Gasteiger charge is -2.33. The molecule has 1 aromatic heterocycles. The number of sulfonamides is 1. The maximum atomic E-state index is 12.2. The van der Waals surface area contributed by atoms with Gasteiger partial charge in [-0.1, -0.05) is 0 Å². The minimum atomic E-state index is -3.16. The third kappa shape index (κ3) is 6.31. The van der Waals surface area contributed by atoms with Crippen molar-refractivity contribution in [3.8, 4) is 0 Å². The summed E-state index contributed by atoms with van der Waals surface area (Å²) in [5, 5.41) is 4.06. The average Bonchev–Trinajstić information content (AvgIpc) is 3.14. The summed E-state index contributed by atoms with van der Waals surface area (Å²) < 4.78 is 35.5. The Balaban J connectivity index is 1.41. The van der Waals surface area contributed by atoms with Crippen molar-refractivity contribution in [2.24, 2.45) is 5.92 Å². The van der Waals surface area contributed by atoms with Crippen LogP contribution < -0.4 is 4.90 Å². The number of likely N-dealkylation sites (tertiary alicyclic amines) is 1. The highest BCUT2D eigenvalue weighted by Gasteiger charge is 2.28. The summed E-state index contributed by atoms with van der Waals surface area (Å²) in [6.07, 6.45) is 4.51. The van der Waals surface area contributed by atoms with Crippen LogP contribution in [-0.2, 0) is 21.2 Å². The Morgan fingerprint density at radius 3 is 2.33 bits per heavy atom. The van der Waals surface area contributed by atoms with Gasteiger partial charge in [-0.25, -0.2) is 13.2 Å². The molecule has 2 saturated heterocycles. The van der Waals surface area contributed by atoms with Crippen molar-refractivity contribution in [3.63, 3.8) is 0 Å². The number of piperidine rings is 1. The molecule has 0 aliphatic carbocycles. The zero-order chi connectivity index (χ0) is 21.9. The Labute approximate surface area is 178 Å². The molecule has 0 aromatic carbocycles. The minimum Gasteiger partial charge on any atom is -0.444 e. The maximum Gasteiger partial charge on any atom is 0.410 e. The van der Waals surface area contributed by atoms with Gasteiger partial charge in [0.15, 0.2) is 0 Å². The number of piperazine rings is 1. The zero-order valence-corrected chi connectivity index (χ0v) is 19.2. The number of amides is 1. The van der Waals surface area contributed by atoms with Gasteiger partial charge in [-0.05, 0) is 51.1 Å². The molecule has 2 aliphatic heterocycles. The molecule has 2 fully saturated rings. The van der Waals surface area contributed by atoms with Crippen molar-refractivity contribution in [1.29, 1.82) is 0 Å². The first-order valence-electron chi connectivity index (χ1n) is 10.5. The lowest BCUT2D eigenvalue weighted by atomic mass is 9.92. The summed E-state index contributed by atoms with van der Waals surface area (Å²) in [5.41, 5.74) is -0.471. The lowest BCUT2D eigenvalue weighted by Crippen LogP contribution is -2.48. The predicted octanol–water partition coefficient (Wildman–Crippen LogP) is 1.73. The fourth-order valence-electron chi connectivity index (χ4n) is 3.75. The fraction of sp³-hybridized carbons (Fsp3) is 0.842. The minimum absolute atomic E-state index is 0.238. The molecule has 2 aliphatic rings. The summed E-state index contributed by atoms with van der Waals surface area (Å²) >= 11 is 0. The third-order valence-electron chi connectivity index (χ3n) is 5.48. The highest BCUT2D eigenvalue weighted by Crippen LogP contribution is 2.24. The number of hydrogen-bond acceptors (Lipinski definition) is 8. The van der Waals surface area contributed by atoms with Crippen LogP contribution in [0.3, 0.4) is 0 Å². The topological polar surface area (TPSA) is 109 Å². The highest BCUT2D eigenvalue weighted by molar-refractivity contribution is 7.88. The van der Waals surface area contributed by atoms with E-state index in [4.69, 9.17) is 9.26 Å². The van der Waals surface area contributed by atoms with Crippen LogP contribution in [0.25, 0.3) is 0 Å². The van der Waals surface area contributed by atoms with Gasteiger partial charge >= 0.3 is 6.09 Å². The van der Waals surface area contributed by atoms with Crippen LogP contribution in [0, 0.1) is 5.92 Å². The first-order chi connectivity index (χ1) is 14.0. The number of carbonyl (C=O) groups excluding carboxylic acids is 1. The summed E-state index contributed by atoms with van der Waals surface area (Å²) in [5.74, 6) is 1.64. The summed E-state index contributed by atoms with van der Waals surface area (Å²) in [4.78, 5) is 20.4. The summed E-state index contributed by atoms with van der Waals surface area (Å²) in [7, 11) is -3.16. The monoisotopic (exact) mass is 443 g/mol. The number of aromatic nitrogens is 2. The number of carbonyl (C=O) groups is 1. The van der Waals surface area contributed by atoms with E-state index in [1.54, 1.807) is 4.90 Å². The second-order valence-corrected chi connectivity index (χ2v) is 11.1. The Morgan fingerprint density at radius 1 is 1.13 bits per heavy atom. The molecule has 0 bridgehead atoms. The van der Waals surface area contributed by atoms with Gasteiger partial charge in [0, 0.05) is 45.7 Å². The second kappa shape index (κ2) is 9.09. The van der Waals surface area contributed by atoms with Gasteiger partial charge in [0.2, 0.25) is 15.9 Å². The van der Waals surface area contributed by atoms with Crippen molar-refractivity contribution in [3.05, 3.63) is 5.89 Å². The van der Waals surface area contributed by atoms with E-state index in [2.05, 4.69) is 10.1 Å². The quantitative estimate of drug-likeness (QED) is 0.677. The van der Waals surface area contributed by atoms with Gasteiger partial charge < -0.3 is 19.1 Å². The Kier molecular flexibility index (Phi) is 6.91. The largest absolute Gasteiger partial charge is 0.444 e. The molecule has 0 radical (unpaired) electrons. The summed E-state index contributed by atoms with van der Waals surface area (Å²) in [6.45, 7) is 9.01. The maximum absolute atomic E-state index is 12.2. The zero-order valence-electron chi connectivity index (χ0n) is 18.3. The highest BCUT2D eigenvalue weighted by atomic mass is 32.2. The fourth-order valence-corrected chi connectivity index (χ4v) is 4.58. The molecule has 1 amide bonds. The SMILES string of the molecule is CC(C)(C)OC(=O)N1CCC(CCc2nc(N3CCN(S(C)(=O)=O)CC3)no2)CC1. The molecule has 30 heavy (non-hydrogen) atoms. The van der Waals surface area contributed by atoms with Crippen LogP contribution in [0.1, 0.15) is 45.9 Å². The lowest BCUT2D eigenvalue weighted by molar-refractivity contribution is 0.0180. The molecule has 11 heteroatoms. The van der Waals surface area contributed by atoms with E-state index in [1.807, 2.05) is 25.7 Å². The predicted molar refractivity (Wildman–Crippen MR) is 112 cm³/mol. The molecule has 170 valence electrons. The average molecular weight is 444 g/mol. The molecule has 3 heterocycles. The van der Waals surface area contributed by atoms with Gasteiger partial charge in [-0.2, -0.15) is 9.29 Å². The molecule has 0 saturated carbocycles. The van der Waals surface area contributed by atoms with Crippen LogP contribution in [0.2, 0.25) is 0 Å². The van der Waals surface area contributed by atoms with Gasteiger partial charge in [-0.3, -0.25) is 0 Å². The van der Waals surface area contributed by atoms with E-state index >= 15 is 0 Å². The van der Waals surface area contributed by atoms with Crippen LogP contribution in [0.15, 0.2) is 4.52 Å². The first kappa shape index (κ1) is 22.8. The van der Waals surface area contributed by atoms with Crippen LogP contribution in [0.4, 0.5) is 10.7 Å². The summed E-state index contributed by atoms with van der Waals surface area (Å²) in [6, 6.07) is 0. The number of hydrogen-bond donors (Lipinski definition) is 0. The van der Waals surface area contributed by atoms with Crippen molar-refractivity contribution >= 4 is 22.1 Å². The third-order valence-corrected chi connectivity index (χ3v) is 6.78. The Morgan fingerprint density at radius 2 is 1.77 bits per heavy atom. The molecular weight excluding hydrogens is 410 g/mol. The van der Waals surface area contributed by atoms with Gasteiger partial charge in [0.05, 0.1) is 6.26 Å². The number of ether oxygens (including phenoxy) is 1. The molecule has 3 rings (SSSR count). The van der Waals surface area contributed by atoms with Crippen LogP contribution >= 0.6 is 0 Å². The smallest absolute Gasteiger partial charge is 0.410 e. The van der Waals surface area contributed by atoms with Gasteiger partial charge in [0.1, 0.15) is 5.60 Å². The Hall–Kier alpha value is -1.88. The number of rotatable bonds is 5. The van der Waals surface area contributed by atoms with Crippen molar-refractivity contribution in [1.82, 2.24) is 19.3 Å². The molecule has 0 atom stereocenters. The van der Waals surface area contributed by atoms with E-state index in [0.29, 0.717) is 63.4 Å². The van der Waals surface area contributed by atoms with E-state index in [-0.39, 0.29) is 6.09 Å². The number of anilines is 1. The number of aryl methyl sites for hydroxylation is 1. The molecule has 1 aromatic rings. The molecule has 10 nitrogen and oxygen atoms in total. The Bertz CT molecular complexity index is 819. The normalized spacial score (nSPS) is 19.9. The molecular formula is C19H33N5O5S. The number of nitrogens with zero attached hydrogens (tertiary/aromatic N) is 5. The van der Waals surface area contributed by atoms with E-state index < -0.39 is 15.6 Å². The second-order valence-electron chi connectivity index (χ2n) is 9.09. The van der Waals surface area contributed by atoms with Crippen molar-refractivity contribution in [2.45, 2.75) is 52.1 Å². The molecule has 0 N–H and O–H groups in total. The standard InChI is InChI=1S/C19H33N5O5S/c1-19(2,3)28-18(25)23-9-7-15(8-10-23)5-6-16-20-17(21-29-16)22-11-13-24(14-12-22)30(4,26)27/h15H,5-14H2,1-4H3. The first-order valence-corrected chi connectivity index (χ1v) is 12.4. The molecule has 0 spiro atoms. The van der Waals surface area contributed by atoms with Crippen molar-refractivity contribution in [2.75, 3.05) is 50.4 Å². The van der Waals surface area contributed by atoms with E-state index in [9.17, 15) is 13.2 Å². The van der Waals surface area contributed by atoms with Gasteiger partial charge in [-0.15, -0.1) is 0 Å². The van der Waals surface area contributed by atoms with E-state index in [1.165, 1.54) is 10.6 Å². The van der Waals surface area contributed by atoms with E-state index in [0.717, 1.165) is 19.3 Å². The van der Waals surface area contributed by atoms with Crippen LogP contribution in [-0.4, -0.2) is 85.0 Å².